The molecule has 0 radical (unpaired) electrons. The summed E-state index contributed by atoms with van der Waals surface area (Å²) in [6.07, 6.45) is 6.40. The van der Waals surface area contributed by atoms with Gasteiger partial charge in [0.15, 0.2) is 9.84 Å². The Bertz CT molecular complexity index is 718. The number of carbonyl (C=O) groups excluding carboxylic acids is 1. The maximum absolute atomic E-state index is 12.4. The van der Waals surface area contributed by atoms with Gasteiger partial charge in [-0.05, 0) is 55.7 Å². The number of nitrogens with one attached hydrogen (secondary N) is 2. The summed E-state index contributed by atoms with van der Waals surface area (Å²) < 4.78 is 23.0. The number of fused-ring (bicyclic) bond motifs is 2. The number of anilines is 1. The largest absolute Gasteiger partial charge is 0.326 e. The van der Waals surface area contributed by atoms with Crippen LogP contribution in [0.25, 0.3) is 0 Å². The number of hydrogen-bond donors (Lipinski definition) is 2. The molecule has 3 rings (SSSR count). The first-order valence-electron chi connectivity index (χ1n) is 8.62. The Morgan fingerprint density at radius 1 is 1.25 bits per heavy atom. The van der Waals surface area contributed by atoms with Gasteiger partial charge < -0.3 is 10.6 Å². The second-order valence-corrected chi connectivity index (χ2v) is 9.53. The third kappa shape index (κ3) is 4.36. The van der Waals surface area contributed by atoms with Crippen molar-refractivity contribution >= 4 is 21.4 Å². The molecular weight excluding hydrogens is 324 g/mol. The third-order valence-electron chi connectivity index (χ3n) is 5.18. The lowest BCUT2D eigenvalue weighted by atomic mass is 9.89. The van der Waals surface area contributed by atoms with Gasteiger partial charge in [-0.3, -0.25) is 4.79 Å². The molecule has 2 unspecified atom stereocenters. The molecule has 0 spiro atoms. The second kappa shape index (κ2) is 6.84. The molecule has 0 aromatic heterocycles. The highest BCUT2D eigenvalue weighted by atomic mass is 32.2. The van der Waals surface area contributed by atoms with Crippen molar-refractivity contribution in [3.05, 3.63) is 29.3 Å². The Morgan fingerprint density at radius 2 is 1.92 bits per heavy atom. The molecule has 2 heterocycles. The van der Waals surface area contributed by atoms with E-state index in [0.29, 0.717) is 24.4 Å². The molecule has 2 N–H and O–H groups in total. The predicted octanol–water partition coefficient (Wildman–Crippen LogP) is 2.40. The van der Waals surface area contributed by atoms with Gasteiger partial charge in [-0.2, -0.15) is 0 Å². The van der Waals surface area contributed by atoms with Crippen LogP contribution in [0.15, 0.2) is 18.2 Å². The van der Waals surface area contributed by atoms with Gasteiger partial charge in [0.05, 0.1) is 5.75 Å². The number of carbonyl (C=O) groups is 1. The summed E-state index contributed by atoms with van der Waals surface area (Å²) in [6.45, 7) is 1.86. The van der Waals surface area contributed by atoms with Crippen molar-refractivity contribution in [3.63, 3.8) is 0 Å². The fourth-order valence-corrected chi connectivity index (χ4v) is 4.94. The van der Waals surface area contributed by atoms with Crippen molar-refractivity contribution in [2.24, 2.45) is 5.92 Å². The maximum atomic E-state index is 12.4. The molecule has 2 saturated heterocycles. The average molecular weight is 350 g/mol. The van der Waals surface area contributed by atoms with Gasteiger partial charge in [-0.25, -0.2) is 8.42 Å². The van der Waals surface area contributed by atoms with Gasteiger partial charge in [0, 0.05) is 30.4 Å². The molecule has 0 saturated carbocycles. The number of benzene rings is 1. The Hall–Kier alpha value is -1.40. The summed E-state index contributed by atoms with van der Waals surface area (Å²) in [4.78, 5) is 12.4. The van der Waals surface area contributed by atoms with Gasteiger partial charge in [0.25, 0.3) is 0 Å². The molecule has 1 aromatic rings. The summed E-state index contributed by atoms with van der Waals surface area (Å²) in [5, 5.41) is 6.57. The second-order valence-electron chi connectivity index (χ2n) is 7.39. The molecule has 1 aromatic carbocycles. The zero-order valence-corrected chi connectivity index (χ0v) is 15.2. The highest BCUT2D eigenvalue weighted by molar-refractivity contribution is 7.89. The lowest BCUT2D eigenvalue weighted by molar-refractivity contribution is -0.117. The molecule has 132 valence electrons. The van der Waals surface area contributed by atoms with Crippen LogP contribution in [0.5, 0.6) is 0 Å². The molecule has 2 bridgehead atoms. The maximum Gasteiger partial charge on any atom is 0.224 e. The van der Waals surface area contributed by atoms with E-state index in [2.05, 4.69) is 10.6 Å². The van der Waals surface area contributed by atoms with E-state index in [1.54, 1.807) is 12.1 Å². The normalized spacial score (nSPS) is 26.3. The molecule has 5 nitrogen and oxygen atoms in total. The Kier molecular flexibility index (Phi) is 4.97. The smallest absolute Gasteiger partial charge is 0.224 e. The van der Waals surface area contributed by atoms with Crippen LogP contribution in [0.1, 0.15) is 43.2 Å². The number of rotatable bonds is 5. The standard InChI is InChI=1S/C18H26N2O3S/c1-12-14(11-24(2,22)23)4-3-5-17(12)20-18(21)10-13-8-15-6-7-16(9-13)19-15/h3-5,13,15-16,19H,6-11H2,1-2H3,(H,20,21). The Labute approximate surface area is 144 Å². The third-order valence-corrected chi connectivity index (χ3v) is 6.02. The minimum Gasteiger partial charge on any atom is -0.326 e. The SMILES string of the molecule is Cc1c(CS(C)(=O)=O)cccc1NC(=O)CC1CC2CCC(C1)N2. The molecule has 2 aliphatic rings. The van der Waals surface area contributed by atoms with Crippen LogP contribution in [0.3, 0.4) is 0 Å². The summed E-state index contributed by atoms with van der Waals surface area (Å²) >= 11 is 0. The number of sulfone groups is 1. The molecule has 6 heteroatoms. The molecule has 24 heavy (non-hydrogen) atoms. The fraction of sp³-hybridized carbons (Fsp3) is 0.611. The van der Waals surface area contributed by atoms with Crippen molar-refractivity contribution in [1.29, 1.82) is 0 Å². The number of amides is 1. The van der Waals surface area contributed by atoms with E-state index in [4.69, 9.17) is 0 Å². The van der Waals surface area contributed by atoms with Crippen LogP contribution >= 0.6 is 0 Å². The zero-order chi connectivity index (χ0) is 17.3. The van der Waals surface area contributed by atoms with Crippen molar-refractivity contribution < 1.29 is 13.2 Å². The van der Waals surface area contributed by atoms with Gasteiger partial charge >= 0.3 is 0 Å². The van der Waals surface area contributed by atoms with Crippen molar-refractivity contribution in [2.45, 2.75) is 56.9 Å². The molecular formula is C18H26N2O3S. The Balaban J connectivity index is 1.63. The first-order chi connectivity index (χ1) is 11.3. The van der Waals surface area contributed by atoms with Gasteiger partial charge in [0.1, 0.15) is 0 Å². The predicted molar refractivity (Wildman–Crippen MR) is 95.6 cm³/mol. The lowest BCUT2D eigenvalue weighted by Gasteiger charge is -2.28. The van der Waals surface area contributed by atoms with Crippen molar-refractivity contribution in [1.82, 2.24) is 5.32 Å². The van der Waals surface area contributed by atoms with E-state index in [1.807, 2.05) is 13.0 Å². The van der Waals surface area contributed by atoms with Gasteiger partial charge in [-0.15, -0.1) is 0 Å². The first kappa shape index (κ1) is 17.4. The van der Waals surface area contributed by atoms with Gasteiger partial charge in [0.2, 0.25) is 5.91 Å². The van der Waals surface area contributed by atoms with Crippen molar-refractivity contribution in [2.75, 3.05) is 11.6 Å². The molecule has 2 fully saturated rings. The monoisotopic (exact) mass is 350 g/mol. The van der Waals surface area contributed by atoms with Crippen LogP contribution in [0.4, 0.5) is 5.69 Å². The highest BCUT2D eigenvalue weighted by Gasteiger charge is 2.34. The van der Waals surface area contributed by atoms with Crippen LogP contribution in [-0.2, 0) is 20.4 Å². The van der Waals surface area contributed by atoms with E-state index in [0.717, 1.165) is 29.7 Å². The number of piperidine rings is 1. The lowest BCUT2D eigenvalue weighted by Crippen LogP contribution is -2.39. The quantitative estimate of drug-likeness (QED) is 0.855. The summed E-state index contributed by atoms with van der Waals surface area (Å²) in [7, 11) is -3.09. The molecule has 1 amide bonds. The van der Waals surface area contributed by atoms with Crippen LogP contribution < -0.4 is 10.6 Å². The first-order valence-corrected chi connectivity index (χ1v) is 10.7. The highest BCUT2D eigenvalue weighted by Crippen LogP contribution is 2.33. The van der Waals surface area contributed by atoms with Crippen LogP contribution in [-0.4, -0.2) is 32.7 Å². The van der Waals surface area contributed by atoms with E-state index >= 15 is 0 Å². The topological polar surface area (TPSA) is 75.3 Å². The van der Waals surface area contributed by atoms with Gasteiger partial charge in [-0.1, -0.05) is 12.1 Å². The summed E-state index contributed by atoms with van der Waals surface area (Å²) in [5.74, 6) is 0.476. The minimum absolute atomic E-state index is 0.000197. The van der Waals surface area contributed by atoms with Crippen LogP contribution in [0.2, 0.25) is 0 Å². The molecule has 0 aliphatic carbocycles. The summed E-state index contributed by atoms with van der Waals surface area (Å²) in [5.41, 5.74) is 2.30. The molecule has 2 aliphatic heterocycles. The van der Waals surface area contributed by atoms with Crippen molar-refractivity contribution in [3.8, 4) is 0 Å². The minimum atomic E-state index is -3.09. The molecule has 2 atom stereocenters. The number of hydrogen-bond acceptors (Lipinski definition) is 4. The van der Waals surface area contributed by atoms with E-state index in [1.165, 1.54) is 19.1 Å². The Morgan fingerprint density at radius 3 is 2.54 bits per heavy atom. The van der Waals surface area contributed by atoms with E-state index in [-0.39, 0.29) is 11.7 Å². The summed E-state index contributed by atoms with van der Waals surface area (Å²) in [6, 6.07) is 6.61. The van der Waals surface area contributed by atoms with E-state index < -0.39 is 9.84 Å². The zero-order valence-electron chi connectivity index (χ0n) is 14.3. The average Bonchev–Trinajstić information content (AvgIpc) is 2.81. The van der Waals surface area contributed by atoms with E-state index in [9.17, 15) is 13.2 Å². The fourth-order valence-electron chi connectivity index (χ4n) is 4.06. The van der Waals surface area contributed by atoms with Crippen LogP contribution in [0, 0.1) is 12.8 Å².